The molecule has 1 aliphatic rings. The Morgan fingerprint density at radius 3 is 2.53 bits per heavy atom. The molecule has 0 saturated carbocycles. The highest BCUT2D eigenvalue weighted by Gasteiger charge is 2.32. The fraction of sp³-hybridized carbons (Fsp3) is 0.217. The van der Waals surface area contributed by atoms with E-state index in [9.17, 15) is 18.0 Å². The third-order valence-electron chi connectivity index (χ3n) is 5.35. The number of nitrogens with one attached hydrogen (secondary N) is 2. The van der Waals surface area contributed by atoms with Crippen LogP contribution in [0.4, 0.5) is 11.4 Å². The Bertz CT molecular complexity index is 1300. The van der Waals surface area contributed by atoms with Gasteiger partial charge in [0.2, 0.25) is 15.9 Å². The molecule has 2 N–H and O–H groups in total. The van der Waals surface area contributed by atoms with Crippen LogP contribution in [-0.2, 0) is 27.8 Å². The van der Waals surface area contributed by atoms with E-state index in [4.69, 9.17) is 0 Å². The molecule has 0 saturated heterocycles. The summed E-state index contributed by atoms with van der Waals surface area (Å²) in [6.45, 7) is 3.88. The highest BCUT2D eigenvalue weighted by molar-refractivity contribution is 7.89. The smallest absolute Gasteiger partial charge is 0.267 e. The first kappa shape index (κ1) is 22.2. The number of benzene rings is 2. The van der Waals surface area contributed by atoms with Crippen LogP contribution in [0.5, 0.6) is 0 Å². The molecule has 1 aliphatic heterocycles. The van der Waals surface area contributed by atoms with Crippen molar-refractivity contribution in [2.45, 2.75) is 31.7 Å². The van der Waals surface area contributed by atoms with Crippen molar-refractivity contribution in [1.82, 2.24) is 4.31 Å². The zero-order valence-corrected chi connectivity index (χ0v) is 19.3. The predicted octanol–water partition coefficient (Wildman–Crippen LogP) is 4.01. The van der Waals surface area contributed by atoms with Crippen LogP contribution in [0, 0.1) is 6.92 Å². The van der Waals surface area contributed by atoms with Gasteiger partial charge in [0.05, 0.1) is 0 Å². The molecule has 0 aliphatic carbocycles. The number of sulfonamides is 1. The average Bonchev–Trinajstić information content (AvgIpc) is 3.26. The summed E-state index contributed by atoms with van der Waals surface area (Å²) in [5, 5.41) is 7.08. The molecule has 7 nitrogen and oxygen atoms in total. The Kier molecular flexibility index (Phi) is 6.14. The number of carbonyl (C=O) groups is 2. The maximum atomic E-state index is 13.4. The van der Waals surface area contributed by atoms with Crippen molar-refractivity contribution in [3.05, 3.63) is 75.5 Å². The maximum absolute atomic E-state index is 13.4. The summed E-state index contributed by atoms with van der Waals surface area (Å²) in [5.41, 5.74) is 3.97. The van der Waals surface area contributed by atoms with Crippen LogP contribution in [0.1, 0.15) is 33.3 Å². The summed E-state index contributed by atoms with van der Waals surface area (Å²) in [5.74, 6) is -0.722. The van der Waals surface area contributed by atoms with Crippen molar-refractivity contribution < 1.29 is 18.0 Å². The van der Waals surface area contributed by atoms with E-state index in [1.165, 1.54) is 17.3 Å². The minimum atomic E-state index is -3.84. The van der Waals surface area contributed by atoms with Crippen molar-refractivity contribution >= 4 is 44.5 Å². The topological polar surface area (TPSA) is 95.6 Å². The van der Waals surface area contributed by atoms with Crippen molar-refractivity contribution in [3.8, 4) is 0 Å². The molecule has 3 aromatic rings. The van der Waals surface area contributed by atoms with E-state index in [-0.39, 0.29) is 22.2 Å². The van der Waals surface area contributed by atoms with Crippen LogP contribution in [0.2, 0.25) is 0 Å². The van der Waals surface area contributed by atoms with Gasteiger partial charge in [-0.05, 0) is 53.6 Å². The molecule has 0 unspecified atom stereocenters. The molecule has 0 bridgehead atoms. The number of aryl methyl sites for hydroxylation is 1. The van der Waals surface area contributed by atoms with Crippen LogP contribution in [-0.4, -0.2) is 31.1 Å². The summed E-state index contributed by atoms with van der Waals surface area (Å²) in [6, 6.07) is 14.4. The van der Waals surface area contributed by atoms with E-state index < -0.39 is 15.9 Å². The first-order chi connectivity index (χ1) is 15.3. The summed E-state index contributed by atoms with van der Waals surface area (Å²) in [6.07, 6.45) is 0.635. The van der Waals surface area contributed by atoms with Crippen LogP contribution < -0.4 is 10.6 Å². The van der Waals surface area contributed by atoms with Gasteiger partial charge >= 0.3 is 0 Å². The molecule has 0 fully saturated rings. The Morgan fingerprint density at radius 1 is 1.03 bits per heavy atom. The van der Waals surface area contributed by atoms with Gasteiger partial charge < -0.3 is 10.6 Å². The second kappa shape index (κ2) is 8.85. The minimum absolute atomic E-state index is 0.00931. The van der Waals surface area contributed by atoms with Gasteiger partial charge in [0.25, 0.3) is 5.91 Å². The fourth-order valence-corrected chi connectivity index (χ4v) is 6.41. The first-order valence-corrected chi connectivity index (χ1v) is 12.4. The van der Waals surface area contributed by atoms with Gasteiger partial charge in [-0.3, -0.25) is 9.59 Å². The van der Waals surface area contributed by atoms with E-state index in [0.717, 1.165) is 28.0 Å². The Hall–Kier alpha value is -3.01. The average molecular weight is 470 g/mol. The molecule has 0 atom stereocenters. The van der Waals surface area contributed by atoms with Crippen LogP contribution in [0.3, 0.4) is 0 Å². The quantitative estimate of drug-likeness (QED) is 0.590. The number of fused-ring (bicyclic) bond motifs is 1. The molecule has 32 heavy (non-hydrogen) atoms. The number of rotatable bonds is 5. The van der Waals surface area contributed by atoms with E-state index in [0.29, 0.717) is 24.3 Å². The number of hydrogen-bond acceptors (Lipinski definition) is 5. The molecule has 2 aromatic carbocycles. The van der Waals surface area contributed by atoms with Crippen LogP contribution >= 0.6 is 11.3 Å². The van der Waals surface area contributed by atoms with Crippen LogP contribution in [0.15, 0.2) is 58.8 Å². The number of nitrogens with zero attached hydrogens (tertiary/aromatic N) is 1. The molecular formula is C23H23N3O4S2. The second-order valence-corrected chi connectivity index (χ2v) is 10.5. The third-order valence-corrected chi connectivity index (χ3v) is 8.28. The molecule has 9 heteroatoms. The van der Waals surface area contributed by atoms with E-state index in [2.05, 4.69) is 10.6 Å². The Morgan fingerprint density at radius 2 is 1.78 bits per heavy atom. The van der Waals surface area contributed by atoms with Gasteiger partial charge in [-0.1, -0.05) is 30.3 Å². The van der Waals surface area contributed by atoms with Gasteiger partial charge in [-0.2, -0.15) is 4.31 Å². The van der Waals surface area contributed by atoms with Gasteiger partial charge in [-0.15, -0.1) is 11.3 Å². The number of carbonyl (C=O) groups excluding carboxylic acids is 2. The number of anilines is 2. The van der Waals surface area contributed by atoms with E-state index in [1.54, 1.807) is 23.6 Å². The highest BCUT2D eigenvalue weighted by atomic mass is 32.2. The molecular weight excluding hydrogens is 446 g/mol. The lowest BCUT2D eigenvalue weighted by atomic mass is 10.0. The lowest BCUT2D eigenvalue weighted by molar-refractivity contribution is -0.114. The predicted molar refractivity (Wildman–Crippen MR) is 125 cm³/mol. The monoisotopic (exact) mass is 469 g/mol. The van der Waals surface area contributed by atoms with Gasteiger partial charge in [0.15, 0.2) is 0 Å². The van der Waals surface area contributed by atoms with Crippen molar-refractivity contribution in [1.29, 1.82) is 0 Å². The molecule has 1 aromatic heterocycles. The van der Waals surface area contributed by atoms with Gasteiger partial charge in [0, 0.05) is 31.4 Å². The van der Waals surface area contributed by atoms with E-state index in [1.807, 2.05) is 31.2 Å². The molecule has 4 rings (SSSR count). The van der Waals surface area contributed by atoms with Crippen molar-refractivity contribution in [3.63, 3.8) is 0 Å². The lowest BCUT2D eigenvalue weighted by Gasteiger charge is -2.28. The third kappa shape index (κ3) is 4.45. The SMILES string of the molecule is CC(=O)Nc1ccc(C)c(NC(=O)c2sccc2S(=O)(=O)N2CCc3ccccc3C2)c1. The molecule has 0 radical (unpaired) electrons. The number of amides is 2. The normalized spacial score (nSPS) is 13.9. The zero-order valence-electron chi connectivity index (χ0n) is 17.7. The fourth-order valence-electron chi connectivity index (χ4n) is 3.70. The standard InChI is InChI=1S/C23H23N3O4S2/c1-15-7-8-19(24-16(2)27)13-20(15)25-23(28)22-21(10-12-31-22)32(29,30)26-11-9-17-5-3-4-6-18(17)14-26/h3-8,10,12-13H,9,11,14H2,1-2H3,(H,24,27)(H,25,28). The van der Waals surface area contributed by atoms with Crippen molar-refractivity contribution in [2.75, 3.05) is 17.2 Å². The lowest BCUT2D eigenvalue weighted by Crippen LogP contribution is -2.36. The first-order valence-electron chi connectivity index (χ1n) is 10.1. The second-order valence-electron chi connectivity index (χ2n) is 7.64. The highest BCUT2D eigenvalue weighted by Crippen LogP contribution is 2.30. The Balaban J connectivity index is 1.59. The number of thiophene rings is 1. The largest absolute Gasteiger partial charge is 0.326 e. The van der Waals surface area contributed by atoms with Gasteiger partial charge in [0.1, 0.15) is 9.77 Å². The van der Waals surface area contributed by atoms with Crippen molar-refractivity contribution in [2.24, 2.45) is 0 Å². The molecule has 2 heterocycles. The Labute approximate surface area is 191 Å². The summed E-state index contributed by atoms with van der Waals surface area (Å²) in [4.78, 5) is 24.5. The molecule has 0 spiro atoms. The minimum Gasteiger partial charge on any atom is -0.326 e. The zero-order chi connectivity index (χ0) is 22.9. The molecule has 166 valence electrons. The summed E-state index contributed by atoms with van der Waals surface area (Å²) in [7, 11) is -3.84. The van der Waals surface area contributed by atoms with E-state index >= 15 is 0 Å². The molecule has 2 amide bonds. The maximum Gasteiger partial charge on any atom is 0.267 e. The summed E-state index contributed by atoms with van der Waals surface area (Å²) >= 11 is 1.09. The van der Waals surface area contributed by atoms with Crippen LogP contribution in [0.25, 0.3) is 0 Å². The number of hydrogen-bond donors (Lipinski definition) is 2. The summed E-state index contributed by atoms with van der Waals surface area (Å²) < 4.78 is 28.2. The van der Waals surface area contributed by atoms with Gasteiger partial charge in [-0.25, -0.2) is 8.42 Å².